The van der Waals surface area contributed by atoms with Crippen molar-refractivity contribution in [2.75, 3.05) is 0 Å². The molecule has 4 aromatic rings. The summed E-state index contributed by atoms with van der Waals surface area (Å²) in [6, 6.07) is 23.1. The summed E-state index contributed by atoms with van der Waals surface area (Å²) < 4.78 is 16.2. The highest BCUT2D eigenvalue weighted by Gasteiger charge is 2.52. The average Bonchev–Trinajstić information content (AvgIpc) is 3.69. The molecule has 7 nitrogen and oxygen atoms in total. The van der Waals surface area contributed by atoms with Crippen molar-refractivity contribution in [3.05, 3.63) is 95.6 Å². The van der Waals surface area contributed by atoms with E-state index in [0.717, 1.165) is 22.9 Å². The van der Waals surface area contributed by atoms with E-state index >= 15 is 0 Å². The van der Waals surface area contributed by atoms with Gasteiger partial charge in [0.25, 0.3) is 5.89 Å². The summed E-state index contributed by atoms with van der Waals surface area (Å²) in [6.07, 6.45) is 6.81. The fourth-order valence-electron chi connectivity index (χ4n) is 6.20. The molecule has 2 bridgehead atoms. The Labute approximate surface area is 215 Å². The number of aromatic nitrogens is 3. The molecule has 0 radical (unpaired) electrons. The molecule has 2 aromatic heterocycles. The minimum absolute atomic E-state index is 0.00129. The topological polar surface area (TPSA) is 87.3 Å². The fraction of sp³-hybridized carbons (Fsp3) is 0.333. The molecule has 2 saturated carbocycles. The Kier molecular flexibility index (Phi) is 6.20. The number of hydrogen-bond donors (Lipinski definition) is 0. The van der Waals surface area contributed by atoms with Crippen LogP contribution in [0.5, 0.6) is 5.75 Å². The number of ether oxygens (including phenoxy) is 2. The summed E-state index contributed by atoms with van der Waals surface area (Å²) in [5, 5.41) is 4.06. The van der Waals surface area contributed by atoms with E-state index in [1.165, 1.54) is 43.7 Å². The van der Waals surface area contributed by atoms with Crippen molar-refractivity contribution in [1.82, 2.24) is 15.1 Å². The zero-order valence-corrected chi connectivity index (χ0v) is 20.8. The third-order valence-corrected chi connectivity index (χ3v) is 7.86. The van der Waals surface area contributed by atoms with Crippen LogP contribution in [0.2, 0.25) is 0 Å². The van der Waals surface area contributed by atoms with Crippen molar-refractivity contribution in [3.63, 3.8) is 0 Å². The molecule has 0 spiro atoms. The quantitative estimate of drug-likeness (QED) is 0.282. The van der Waals surface area contributed by atoms with Crippen LogP contribution in [0.1, 0.15) is 55.3 Å². The zero-order valence-electron chi connectivity index (χ0n) is 20.8. The van der Waals surface area contributed by atoms with E-state index in [0.29, 0.717) is 18.3 Å². The summed E-state index contributed by atoms with van der Waals surface area (Å²) in [6.45, 7) is 1.79. The molecule has 2 aliphatic rings. The molecule has 2 aromatic carbocycles. The summed E-state index contributed by atoms with van der Waals surface area (Å²) in [5.74, 6) is 2.64. The number of rotatable bonds is 8. The minimum Gasteiger partial charge on any atom is -0.487 e. The predicted molar refractivity (Wildman–Crippen MR) is 136 cm³/mol. The molecule has 7 heteroatoms. The molecule has 2 heterocycles. The molecule has 2 aliphatic carbocycles. The molecule has 37 heavy (non-hydrogen) atoms. The second-order valence-corrected chi connectivity index (χ2v) is 10.1. The van der Waals surface area contributed by atoms with Crippen molar-refractivity contribution >= 4 is 5.97 Å². The van der Waals surface area contributed by atoms with Crippen LogP contribution < -0.4 is 4.74 Å². The number of fused-ring (bicyclic) bond motifs is 2. The predicted octanol–water partition coefficient (Wildman–Crippen LogP) is 5.88. The smallest absolute Gasteiger partial charge is 0.303 e. The lowest BCUT2D eigenvalue weighted by Gasteiger charge is -2.39. The highest BCUT2D eigenvalue weighted by molar-refractivity contribution is 5.65. The molecule has 0 aliphatic heterocycles. The van der Waals surface area contributed by atoms with Crippen LogP contribution in [-0.4, -0.2) is 21.1 Å². The number of nitrogens with zero attached hydrogens (tertiary/aromatic N) is 3. The Hall–Kier alpha value is -4.00. The number of benzene rings is 2. The standard InChI is InChI=1S/C30H29N3O4/c1-20(34)35-19-28-32-29(33-37-28)22-6-9-23(10-7-22)30(17-21-5-8-25(30)16-21)24-11-13-27(14-12-24)36-18-26-4-2-3-15-31-26/h2-4,6-7,9-15,21,25H,5,8,16-19H2,1H3/t21?,25-,30+/m1/s1. The van der Waals surface area contributed by atoms with Gasteiger partial charge < -0.3 is 14.0 Å². The van der Waals surface area contributed by atoms with E-state index in [-0.39, 0.29) is 23.9 Å². The van der Waals surface area contributed by atoms with Crippen LogP contribution in [0, 0.1) is 11.8 Å². The third kappa shape index (κ3) is 4.61. The number of pyridine rings is 1. The lowest BCUT2D eigenvalue weighted by molar-refractivity contribution is -0.143. The highest BCUT2D eigenvalue weighted by Crippen LogP contribution is 2.60. The first kappa shape index (κ1) is 23.4. The second kappa shape index (κ2) is 9.81. The maximum absolute atomic E-state index is 11.0. The van der Waals surface area contributed by atoms with E-state index in [1.807, 2.05) is 18.2 Å². The lowest BCUT2D eigenvalue weighted by Crippen LogP contribution is -2.34. The van der Waals surface area contributed by atoms with Gasteiger partial charge in [-0.2, -0.15) is 4.98 Å². The molecule has 1 unspecified atom stereocenters. The SMILES string of the molecule is CC(=O)OCc1nc(-c2ccc([C@]3(c4ccc(OCc5ccccn5)cc4)CC4CC[C@@H]3C4)cc2)no1. The third-order valence-electron chi connectivity index (χ3n) is 7.86. The van der Waals surface area contributed by atoms with Gasteiger partial charge in [-0.3, -0.25) is 9.78 Å². The van der Waals surface area contributed by atoms with Crippen LogP contribution in [-0.2, 0) is 28.2 Å². The summed E-state index contributed by atoms with van der Waals surface area (Å²) >= 11 is 0. The Morgan fingerprint density at radius 3 is 2.43 bits per heavy atom. The van der Waals surface area contributed by atoms with Crippen molar-refractivity contribution in [2.24, 2.45) is 11.8 Å². The van der Waals surface area contributed by atoms with E-state index < -0.39 is 0 Å². The van der Waals surface area contributed by atoms with Crippen LogP contribution in [0.4, 0.5) is 0 Å². The fourth-order valence-corrected chi connectivity index (χ4v) is 6.20. The van der Waals surface area contributed by atoms with E-state index in [9.17, 15) is 4.79 Å². The van der Waals surface area contributed by atoms with Crippen molar-refractivity contribution in [2.45, 2.75) is 51.2 Å². The van der Waals surface area contributed by atoms with Gasteiger partial charge >= 0.3 is 5.97 Å². The van der Waals surface area contributed by atoms with Crippen molar-refractivity contribution in [1.29, 1.82) is 0 Å². The number of carbonyl (C=O) groups is 1. The van der Waals surface area contributed by atoms with Gasteiger partial charge in [-0.1, -0.05) is 54.0 Å². The van der Waals surface area contributed by atoms with Crippen molar-refractivity contribution in [3.8, 4) is 17.1 Å². The first-order valence-electron chi connectivity index (χ1n) is 12.8. The monoisotopic (exact) mass is 495 g/mol. The Bertz CT molecular complexity index is 1370. The van der Waals surface area contributed by atoms with Gasteiger partial charge in [0.05, 0.1) is 5.69 Å². The zero-order chi connectivity index (χ0) is 25.2. The molecule has 0 N–H and O–H groups in total. The first-order chi connectivity index (χ1) is 18.1. The number of carbonyl (C=O) groups excluding carboxylic acids is 1. The van der Waals surface area contributed by atoms with Gasteiger partial charge in [-0.25, -0.2) is 0 Å². The van der Waals surface area contributed by atoms with Crippen LogP contribution in [0.25, 0.3) is 11.4 Å². The molecule has 6 rings (SSSR count). The Morgan fingerprint density at radius 1 is 1.00 bits per heavy atom. The lowest BCUT2D eigenvalue weighted by atomic mass is 9.64. The van der Waals surface area contributed by atoms with Gasteiger partial charge in [-0.15, -0.1) is 0 Å². The Morgan fingerprint density at radius 2 is 1.78 bits per heavy atom. The molecule has 188 valence electrons. The summed E-state index contributed by atoms with van der Waals surface area (Å²) in [5.41, 5.74) is 4.46. The minimum atomic E-state index is -0.381. The van der Waals surface area contributed by atoms with Crippen LogP contribution >= 0.6 is 0 Å². The van der Waals surface area contributed by atoms with Gasteiger partial charge in [0.15, 0.2) is 6.61 Å². The Balaban J connectivity index is 1.24. The van der Waals surface area contributed by atoms with Gasteiger partial charge in [0, 0.05) is 24.1 Å². The highest BCUT2D eigenvalue weighted by atomic mass is 16.6. The van der Waals surface area contributed by atoms with E-state index in [2.05, 4.69) is 63.7 Å². The summed E-state index contributed by atoms with van der Waals surface area (Å²) in [4.78, 5) is 19.8. The van der Waals surface area contributed by atoms with Crippen molar-refractivity contribution < 1.29 is 18.8 Å². The first-order valence-corrected chi connectivity index (χ1v) is 12.8. The molecular formula is C30H29N3O4. The number of esters is 1. The molecule has 0 saturated heterocycles. The molecule has 2 fully saturated rings. The maximum Gasteiger partial charge on any atom is 0.303 e. The molecular weight excluding hydrogens is 466 g/mol. The van der Waals surface area contributed by atoms with Gasteiger partial charge in [0.1, 0.15) is 12.4 Å². The maximum atomic E-state index is 11.0. The number of hydrogen-bond acceptors (Lipinski definition) is 7. The second-order valence-electron chi connectivity index (χ2n) is 10.1. The molecule has 0 amide bonds. The summed E-state index contributed by atoms with van der Waals surface area (Å²) in [7, 11) is 0. The van der Waals surface area contributed by atoms with Crippen LogP contribution in [0.3, 0.4) is 0 Å². The van der Waals surface area contributed by atoms with E-state index in [1.54, 1.807) is 6.20 Å². The average molecular weight is 496 g/mol. The van der Waals surface area contributed by atoms with Gasteiger partial charge in [0.2, 0.25) is 5.82 Å². The van der Waals surface area contributed by atoms with Crippen LogP contribution in [0.15, 0.2) is 77.4 Å². The molecule has 3 atom stereocenters. The van der Waals surface area contributed by atoms with Gasteiger partial charge in [-0.05, 0) is 66.5 Å². The normalized spacial score (nSPS) is 22.2. The largest absolute Gasteiger partial charge is 0.487 e. The van der Waals surface area contributed by atoms with E-state index in [4.69, 9.17) is 14.0 Å².